The first-order valence-electron chi connectivity index (χ1n) is 5.98. The van der Waals surface area contributed by atoms with Crippen molar-refractivity contribution in [3.63, 3.8) is 0 Å². The average Bonchev–Trinajstić information content (AvgIpc) is 2.19. The standard InChI is InChI=1S/C14H23N2O2.HI/c1-11-7-8-13(18-14(17)15(2)3)12(9-11)10-16(4,5)6;/h7-9H,10H2,1-6H3;1H/q+1;/p-1. The Labute approximate surface area is 132 Å². The molecule has 0 aliphatic carbocycles. The zero-order valence-electron chi connectivity index (χ0n) is 12.5. The molecule has 19 heavy (non-hydrogen) atoms. The van der Waals surface area contributed by atoms with Gasteiger partial charge in [-0.05, 0) is 19.1 Å². The van der Waals surface area contributed by atoms with E-state index >= 15 is 0 Å². The van der Waals surface area contributed by atoms with Gasteiger partial charge in [-0.15, -0.1) is 0 Å². The molecule has 1 aromatic rings. The number of carbonyl (C=O) groups is 1. The highest BCUT2D eigenvalue weighted by Crippen LogP contribution is 2.23. The van der Waals surface area contributed by atoms with Crippen LogP contribution < -0.4 is 28.7 Å². The van der Waals surface area contributed by atoms with Crippen LogP contribution in [0, 0.1) is 6.92 Å². The van der Waals surface area contributed by atoms with E-state index in [1.807, 2.05) is 19.1 Å². The Morgan fingerprint density at radius 2 is 1.84 bits per heavy atom. The summed E-state index contributed by atoms with van der Waals surface area (Å²) in [4.78, 5) is 13.0. The van der Waals surface area contributed by atoms with E-state index in [1.165, 1.54) is 10.5 Å². The van der Waals surface area contributed by atoms with Crippen LogP contribution in [0.25, 0.3) is 0 Å². The number of quaternary nitrogens is 1. The molecule has 1 amide bonds. The molecule has 1 rings (SSSR count). The molecule has 108 valence electrons. The van der Waals surface area contributed by atoms with Crippen LogP contribution >= 0.6 is 0 Å². The molecule has 0 aliphatic heterocycles. The Morgan fingerprint density at radius 3 is 2.32 bits per heavy atom. The SMILES string of the molecule is Cc1ccc(OC(=O)N(C)C)c(C[N+](C)(C)C)c1.[I-]. The molecule has 0 bridgehead atoms. The molecule has 0 N–H and O–H groups in total. The van der Waals surface area contributed by atoms with Gasteiger partial charge >= 0.3 is 6.09 Å². The number of rotatable bonds is 3. The number of ether oxygens (including phenoxy) is 1. The molecular formula is C14H23IN2O2. The summed E-state index contributed by atoms with van der Waals surface area (Å²) in [6.07, 6.45) is -0.346. The lowest BCUT2D eigenvalue weighted by atomic mass is 10.1. The molecule has 0 aliphatic rings. The van der Waals surface area contributed by atoms with Crippen molar-refractivity contribution in [1.82, 2.24) is 4.90 Å². The summed E-state index contributed by atoms with van der Waals surface area (Å²) < 4.78 is 6.17. The fraction of sp³-hybridized carbons (Fsp3) is 0.500. The van der Waals surface area contributed by atoms with Gasteiger partial charge in [0.15, 0.2) is 0 Å². The van der Waals surface area contributed by atoms with E-state index in [9.17, 15) is 4.79 Å². The van der Waals surface area contributed by atoms with Gasteiger partial charge in [-0.2, -0.15) is 0 Å². The topological polar surface area (TPSA) is 29.5 Å². The van der Waals surface area contributed by atoms with Gasteiger partial charge in [0.2, 0.25) is 0 Å². The Bertz CT molecular complexity index is 440. The molecule has 0 aromatic heterocycles. The van der Waals surface area contributed by atoms with Crippen LogP contribution in [0.2, 0.25) is 0 Å². The summed E-state index contributed by atoms with van der Waals surface area (Å²) in [6, 6.07) is 5.89. The molecule has 0 fully saturated rings. The van der Waals surface area contributed by atoms with Crippen molar-refractivity contribution in [2.24, 2.45) is 0 Å². The van der Waals surface area contributed by atoms with E-state index in [0.29, 0.717) is 5.75 Å². The molecule has 0 atom stereocenters. The maximum atomic E-state index is 11.6. The van der Waals surface area contributed by atoms with Gasteiger partial charge in [-0.3, -0.25) is 0 Å². The second-order valence-electron chi connectivity index (χ2n) is 5.82. The monoisotopic (exact) mass is 378 g/mol. The Kier molecular flexibility index (Phi) is 6.79. The second kappa shape index (κ2) is 7.09. The fourth-order valence-corrected chi connectivity index (χ4v) is 1.63. The van der Waals surface area contributed by atoms with Crippen molar-refractivity contribution in [1.29, 1.82) is 0 Å². The molecule has 0 saturated carbocycles. The predicted molar refractivity (Wildman–Crippen MR) is 72.6 cm³/mol. The zero-order chi connectivity index (χ0) is 13.9. The maximum Gasteiger partial charge on any atom is 0.414 e. The maximum absolute atomic E-state index is 11.6. The van der Waals surface area contributed by atoms with Crippen LogP contribution in [-0.2, 0) is 6.54 Å². The quantitative estimate of drug-likeness (QED) is 0.513. The van der Waals surface area contributed by atoms with Crippen molar-refractivity contribution in [3.05, 3.63) is 29.3 Å². The average molecular weight is 378 g/mol. The van der Waals surface area contributed by atoms with Crippen LogP contribution in [0.5, 0.6) is 5.75 Å². The number of nitrogens with zero attached hydrogens (tertiary/aromatic N) is 2. The highest BCUT2D eigenvalue weighted by molar-refractivity contribution is 5.70. The van der Waals surface area contributed by atoms with Gasteiger partial charge in [-0.25, -0.2) is 4.79 Å². The summed E-state index contributed by atoms with van der Waals surface area (Å²) >= 11 is 0. The second-order valence-corrected chi connectivity index (χ2v) is 5.82. The number of hydrogen-bond acceptors (Lipinski definition) is 2. The van der Waals surface area contributed by atoms with Gasteiger partial charge in [0.25, 0.3) is 0 Å². The van der Waals surface area contributed by atoms with Crippen LogP contribution in [-0.4, -0.2) is 50.7 Å². The molecule has 1 aromatic carbocycles. The van der Waals surface area contributed by atoms with Crippen molar-refractivity contribution in [2.75, 3.05) is 35.2 Å². The lowest BCUT2D eigenvalue weighted by Crippen LogP contribution is -3.00. The third kappa shape index (κ3) is 6.24. The normalized spacial score (nSPS) is 10.6. The van der Waals surface area contributed by atoms with E-state index in [1.54, 1.807) is 14.1 Å². The molecule has 0 heterocycles. The van der Waals surface area contributed by atoms with Gasteiger partial charge < -0.3 is 38.1 Å². The first-order valence-corrected chi connectivity index (χ1v) is 5.98. The first kappa shape index (κ1) is 18.2. The van der Waals surface area contributed by atoms with E-state index in [-0.39, 0.29) is 30.1 Å². The summed E-state index contributed by atoms with van der Waals surface area (Å²) in [5, 5.41) is 0. The summed E-state index contributed by atoms with van der Waals surface area (Å²) in [6.45, 7) is 2.86. The van der Waals surface area contributed by atoms with Crippen LogP contribution in [0.1, 0.15) is 11.1 Å². The highest BCUT2D eigenvalue weighted by Gasteiger charge is 2.16. The summed E-state index contributed by atoms with van der Waals surface area (Å²) in [5.74, 6) is 0.646. The van der Waals surface area contributed by atoms with Crippen LogP contribution in [0.3, 0.4) is 0 Å². The summed E-state index contributed by atoms with van der Waals surface area (Å²) in [5.41, 5.74) is 2.22. The van der Waals surface area contributed by atoms with Crippen LogP contribution in [0.4, 0.5) is 4.79 Å². The minimum absolute atomic E-state index is 0. The first-order chi connectivity index (χ1) is 8.19. The van der Waals surface area contributed by atoms with Gasteiger partial charge in [0.1, 0.15) is 12.3 Å². The van der Waals surface area contributed by atoms with Gasteiger partial charge in [0, 0.05) is 19.7 Å². The Morgan fingerprint density at radius 1 is 1.26 bits per heavy atom. The third-order valence-corrected chi connectivity index (χ3v) is 2.42. The van der Waals surface area contributed by atoms with Gasteiger partial charge in [0.05, 0.1) is 21.1 Å². The minimum atomic E-state index is -0.346. The molecule has 5 heteroatoms. The Hall–Kier alpha value is -0.820. The van der Waals surface area contributed by atoms with E-state index in [4.69, 9.17) is 4.74 Å². The van der Waals surface area contributed by atoms with Gasteiger partial charge in [-0.1, -0.05) is 11.6 Å². The zero-order valence-corrected chi connectivity index (χ0v) is 14.7. The molecule has 0 spiro atoms. The number of amides is 1. The highest BCUT2D eigenvalue weighted by atomic mass is 127. The molecule has 0 radical (unpaired) electrons. The smallest absolute Gasteiger partial charge is 0.414 e. The number of halogens is 1. The largest absolute Gasteiger partial charge is 1.00 e. The van der Waals surface area contributed by atoms with E-state index in [2.05, 4.69) is 27.2 Å². The minimum Gasteiger partial charge on any atom is -1.00 e. The molecule has 4 nitrogen and oxygen atoms in total. The van der Waals surface area contributed by atoms with Crippen molar-refractivity contribution in [2.45, 2.75) is 13.5 Å². The number of aryl methyl sites for hydroxylation is 1. The molecule has 0 saturated heterocycles. The number of carbonyl (C=O) groups excluding carboxylic acids is 1. The molecular weight excluding hydrogens is 355 g/mol. The van der Waals surface area contributed by atoms with Crippen molar-refractivity contribution in [3.8, 4) is 5.75 Å². The Balaban J connectivity index is 0.00000324. The third-order valence-electron chi connectivity index (χ3n) is 2.42. The number of benzene rings is 1. The van der Waals surface area contributed by atoms with E-state index in [0.717, 1.165) is 16.6 Å². The predicted octanol–water partition coefficient (Wildman–Crippen LogP) is -0.734. The number of hydrogen-bond donors (Lipinski definition) is 0. The van der Waals surface area contributed by atoms with Crippen molar-refractivity contribution >= 4 is 6.09 Å². The van der Waals surface area contributed by atoms with Crippen LogP contribution in [0.15, 0.2) is 18.2 Å². The summed E-state index contributed by atoms with van der Waals surface area (Å²) in [7, 11) is 9.69. The molecule has 0 unspecified atom stereocenters. The lowest BCUT2D eigenvalue weighted by molar-refractivity contribution is -0.884. The van der Waals surface area contributed by atoms with Crippen molar-refractivity contribution < 1.29 is 38.0 Å². The van der Waals surface area contributed by atoms with E-state index < -0.39 is 0 Å². The lowest BCUT2D eigenvalue weighted by Gasteiger charge is -2.25. The fourth-order valence-electron chi connectivity index (χ4n) is 1.63.